The molecule has 7 heteroatoms. The van der Waals surface area contributed by atoms with Crippen LogP contribution in [0.15, 0.2) is 18.2 Å². The minimum absolute atomic E-state index is 0.00134. The first-order chi connectivity index (χ1) is 9.84. The molecule has 1 atom stereocenters. The Bertz CT molecular complexity index is 530. The third-order valence-electron chi connectivity index (χ3n) is 3.40. The van der Waals surface area contributed by atoms with E-state index < -0.39 is 29.6 Å². The molecule has 0 saturated carbocycles. The molecule has 1 aliphatic rings. The van der Waals surface area contributed by atoms with E-state index in [2.05, 4.69) is 0 Å². The van der Waals surface area contributed by atoms with Gasteiger partial charge in [0.2, 0.25) is 0 Å². The Kier molecular flexibility index (Phi) is 4.39. The predicted molar refractivity (Wildman–Crippen MR) is 68.4 cm³/mol. The molecule has 0 spiro atoms. The monoisotopic (exact) mass is 305 g/mol. The smallest absolute Gasteiger partial charge is 0.416 e. The van der Waals surface area contributed by atoms with Gasteiger partial charge < -0.3 is 9.64 Å². The van der Waals surface area contributed by atoms with E-state index in [1.54, 1.807) is 6.92 Å². The van der Waals surface area contributed by atoms with E-state index in [0.29, 0.717) is 25.5 Å². The molecular weight excluding hydrogens is 290 g/mol. The number of carbonyl (C=O) groups is 1. The van der Waals surface area contributed by atoms with Gasteiger partial charge in [-0.1, -0.05) is 0 Å². The van der Waals surface area contributed by atoms with Crippen LogP contribution in [0.25, 0.3) is 0 Å². The third-order valence-corrected chi connectivity index (χ3v) is 3.40. The summed E-state index contributed by atoms with van der Waals surface area (Å²) in [4.78, 5) is 13.3. The lowest BCUT2D eigenvalue weighted by atomic mass is 10.1. The zero-order valence-corrected chi connectivity index (χ0v) is 11.4. The highest BCUT2D eigenvalue weighted by Crippen LogP contribution is 2.34. The van der Waals surface area contributed by atoms with Crippen LogP contribution in [0.5, 0.6) is 0 Å². The first-order valence-electron chi connectivity index (χ1n) is 6.64. The molecule has 0 aromatic heterocycles. The van der Waals surface area contributed by atoms with Crippen LogP contribution in [0.3, 0.4) is 0 Å². The van der Waals surface area contributed by atoms with E-state index in [9.17, 15) is 22.4 Å². The number of alkyl halides is 3. The van der Waals surface area contributed by atoms with Gasteiger partial charge in [-0.05, 0) is 38.0 Å². The van der Waals surface area contributed by atoms with Crippen molar-refractivity contribution in [3.05, 3.63) is 29.6 Å². The van der Waals surface area contributed by atoms with Gasteiger partial charge in [0.15, 0.2) is 0 Å². The SMILES string of the molecule is CCOC(=O)C1CCCN1c1ccc(C(F)(F)F)cc1F. The first-order valence-corrected chi connectivity index (χ1v) is 6.64. The lowest BCUT2D eigenvalue weighted by molar-refractivity contribution is -0.144. The molecule has 3 nitrogen and oxygen atoms in total. The maximum absolute atomic E-state index is 14.0. The summed E-state index contributed by atoms with van der Waals surface area (Å²) in [6, 6.07) is 1.70. The van der Waals surface area contributed by atoms with Crippen molar-refractivity contribution in [2.24, 2.45) is 0 Å². The molecule has 1 saturated heterocycles. The minimum Gasteiger partial charge on any atom is -0.464 e. The van der Waals surface area contributed by atoms with Crippen LogP contribution in [0, 0.1) is 5.82 Å². The molecule has 0 bridgehead atoms. The van der Waals surface area contributed by atoms with Crippen LogP contribution in [0.1, 0.15) is 25.3 Å². The highest BCUT2D eigenvalue weighted by molar-refractivity contribution is 5.81. The summed E-state index contributed by atoms with van der Waals surface area (Å²) in [5.74, 6) is -1.46. The first kappa shape index (κ1) is 15.6. The van der Waals surface area contributed by atoms with Gasteiger partial charge in [-0.25, -0.2) is 9.18 Å². The molecular formula is C14H15F4NO2. The standard InChI is InChI=1S/C14H15F4NO2/c1-2-21-13(20)12-4-3-7-19(12)11-6-5-9(8-10(11)15)14(16,17)18/h5-6,8,12H,2-4,7H2,1H3. The second kappa shape index (κ2) is 5.91. The van der Waals surface area contributed by atoms with Crippen molar-refractivity contribution in [2.75, 3.05) is 18.1 Å². The number of hydrogen-bond donors (Lipinski definition) is 0. The molecule has 116 valence electrons. The third kappa shape index (κ3) is 3.28. The second-order valence-corrected chi connectivity index (χ2v) is 4.77. The fourth-order valence-corrected chi connectivity index (χ4v) is 2.45. The fraction of sp³-hybridized carbons (Fsp3) is 0.500. The normalized spacial score (nSPS) is 18.9. The van der Waals surface area contributed by atoms with Crippen molar-refractivity contribution in [3.8, 4) is 0 Å². The van der Waals surface area contributed by atoms with Crippen LogP contribution < -0.4 is 4.90 Å². The van der Waals surface area contributed by atoms with E-state index in [0.717, 1.165) is 12.1 Å². The topological polar surface area (TPSA) is 29.5 Å². The summed E-state index contributed by atoms with van der Waals surface area (Å²) in [5.41, 5.74) is -1.05. The Morgan fingerprint density at radius 1 is 1.43 bits per heavy atom. The van der Waals surface area contributed by atoms with Gasteiger partial charge in [-0.15, -0.1) is 0 Å². The van der Waals surface area contributed by atoms with Crippen molar-refractivity contribution in [1.82, 2.24) is 0 Å². The van der Waals surface area contributed by atoms with Crippen molar-refractivity contribution in [1.29, 1.82) is 0 Å². The van der Waals surface area contributed by atoms with E-state index in [1.807, 2.05) is 0 Å². The predicted octanol–water partition coefficient (Wildman–Crippen LogP) is 3.38. The van der Waals surface area contributed by atoms with Gasteiger partial charge in [0.05, 0.1) is 17.9 Å². The average Bonchev–Trinajstić information content (AvgIpc) is 2.86. The molecule has 1 aromatic carbocycles. The fourth-order valence-electron chi connectivity index (χ4n) is 2.45. The lowest BCUT2D eigenvalue weighted by Gasteiger charge is -2.26. The summed E-state index contributed by atoms with van der Waals surface area (Å²) < 4.78 is 56.5. The van der Waals surface area contributed by atoms with Crippen LogP contribution in [-0.4, -0.2) is 25.2 Å². The average molecular weight is 305 g/mol. The molecule has 1 aliphatic heterocycles. The highest BCUT2D eigenvalue weighted by Gasteiger charge is 2.35. The molecule has 1 fully saturated rings. The zero-order chi connectivity index (χ0) is 15.6. The summed E-state index contributed by atoms with van der Waals surface area (Å²) >= 11 is 0. The van der Waals surface area contributed by atoms with E-state index in [-0.39, 0.29) is 12.3 Å². The molecule has 0 amide bonds. The summed E-state index contributed by atoms with van der Waals surface area (Å²) in [5, 5.41) is 0. The van der Waals surface area contributed by atoms with Gasteiger partial charge in [0.25, 0.3) is 0 Å². The second-order valence-electron chi connectivity index (χ2n) is 4.77. The summed E-state index contributed by atoms with van der Waals surface area (Å²) in [6.07, 6.45) is -3.44. The van der Waals surface area contributed by atoms with Crippen molar-refractivity contribution < 1.29 is 27.1 Å². The number of anilines is 1. The van der Waals surface area contributed by atoms with E-state index in [4.69, 9.17) is 4.74 Å². The molecule has 1 heterocycles. The van der Waals surface area contributed by atoms with E-state index in [1.165, 1.54) is 4.90 Å². The number of halogens is 4. The Hall–Kier alpha value is -1.79. The Morgan fingerprint density at radius 3 is 2.71 bits per heavy atom. The summed E-state index contributed by atoms with van der Waals surface area (Å²) in [7, 11) is 0. The van der Waals surface area contributed by atoms with Gasteiger partial charge in [-0.3, -0.25) is 0 Å². The molecule has 0 aliphatic carbocycles. The maximum atomic E-state index is 14.0. The molecule has 0 N–H and O–H groups in total. The number of hydrogen-bond acceptors (Lipinski definition) is 3. The highest BCUT2D eigenvalue weighted by atomic mass is 19.4. The zero-order valence-electron chi connectivity index (χ0n) is 11.4. The number of rotatable bonds is 3. The number of esters is 1. The molecule has 0 radical (unpaired) electrons. The lowest BCUT2D eigenvalue weighted by Crippen LogP contribution is -2.37. The molecule has 21 heavy (non-hydrogen) atoms. The quantitative estimate of drug-likeness (QED) is 0.633. The van der Waals surface area contributed by atoms with Gasteiger partial charge in [0, 0.05) is 6.54 Å². The summed E-state index contributed by atoms with van der Waals surface area (Å²) in [6.45, 7) is 2.28. The molecule has 1 unspecified atom stereocenters. The van der Waals surface area contributed by atoms with Crippen molar-refractivity contribution in [3.63, 3.8) is 0 Å². The van der Waals surface area contributed by atoms with Crippen LogP contribution >= 0.6 is 0 Å². The van der Waals surface area contributed by atoms with Crippen LogP contribution in [0.2, 0.25) is 0 Å². The Morgan fingerprint density at radius 2 is 2.14 bits per heavy atom. The van der Waals surface area contributed by atoms with Crippen molar-refractivity contribution in [2.45, 2.75) is 32.0 Å². The van der Waals surface area contributed by atoms with Gasteiger partial charge in [0.1, 0.15) is 11.9 Å². The molecule has 1 aromatic rings. The van der Waals surface area contributed by atoms with E-state index >= 15 is 0 Å². The number of benzene rings is 1. The van der Waals surface area contributed by atoms with Crippen molar-refractivity contribution >= 4 is 11.7 Å². The largest absolute Gasteiger partial charge is 0.464 e. The Labute approximate surface area is 119 Å². The molecule has 2 rings (SSSR count). The maximum Gasteiger partial charge on any atom is 0.416 e. The van der Waals surface area contributed by atoms with Crippen LogP contribution in [-0.2, 0) is 15.7 Å². The number of nitrogens with zero attached hydrogens (tertiary/aromatic N) is 1. The van der Waals surface area contributed by atoms with Crippen LogP contribution in [0.4, 0.5) is 23.2 Å². The number of ether oxygens (including phenoxy) is 1. The minimum atomic E-state index is -4.59. The van der Waals surface area contributed by atoms with Gasteiger partial charge in [-0.2, -0.15) is 13.2 Å². The Balaban J connectivity index is 2.27. The number of carbonyl (C=O) groups excluding carboxylic acids is 1. The van der Waals surface area contributed by atoms with Gasteiger partial charge >= 0.3 is 12.1 Å².